The Morgan fingerprint density at radius 3 is 2.83 bits per heavy atom. The van der Waals surface area contributed by atoms with Gasteiger partial charge >= 0.3 is 0 Å². The maximum Gasteiger partial charge on any atom is 0.0959 e. The van der Waals surface area contributed by atoms with Crippen LogP contribution < -0.4 is 0 Å². The Morgan fingerprint density at radius 1 is 1.26 bits per heavy atom. The fourth-order valence-electron chi connectivity index (χ4n) is 6.82. The third-order valence-electron chi connectivity index (χ3n) is 8.02. The first-order valence-corrected chi connectivity index (χ1v) is 9.73. The lowest BCUT2D eigenvalue weighted by Crippen LogP contribution is -2.47. The average molecular weight is 316 g/mol. The van der Waals surface area contributed by atoms with Gasteiger partial charge in [0.1, 0.15) is 0 Å². The van der Waals surface area contributed by atoms with Gasteiger partial charge in [-0.25, -0.2) is 0 Å². The number of hydrogen-bond donors (Lipinski definition) is 1. The summed E-state index contributed by atoms with van der Waals surface area (Å²) in [6.45, 7) is 4.74. The minimum Gasteiger partial charge on any atom is -0.501 e. The zero-order valence-electron chi connectivity index (χ0n) is 15.0. The Hall–Kier alpha value is -0.760. The predicted octanol–water partition coefficient (Wildman–Crippen LogP) is 4.84. The SMILES string of the molecule is CC[C@]12CC[C@@H]3C4=C(CC(OC)=CC4)C(C)C[C@H]3[C@@H]1CC[C@@H]2O. The smallest absolute Gasteiger partial charge is 0.0959 e. The van der Waals surface area contributed by atoms with Crippen molar-refractivity contribution in [2.45, 2.75) is 71.3 Å². The standard InChI is InChI=1S/C21H32O2/c1-4-21-10-9-16-15-6-5-14(23-3)12-17(15)13(2)11-18(16)19(21)7-8-20(21)22/h5,13,16,18-20,22H,4,6-12H2,1-3H3/t13?,16-,18-,19+,20+,21+/m1/s1. The summed E-state index contributed by atoms with van der Waals surface area (Å²) in [4.78, 5) is 0. The number of ether oxygens (including phenoxy) is 1. The molecule has 4 aliphatic carbocycles. The van der Waals surface area contributed by atoms with Crippen LogP contribution in [0.3, 0.4) is 0 Å². The highest BCUT2D eigenvalue weighted by Crippen LogP contribution is 2.63. The van der Waals surface area contributed by atoms with E-state index in [-0.39, 0.29) is 11.5 Å². The van der Waals surface area contributed by atoms with E-state index in [1.807, 2.05) is 7.11 Å². The molecule has 0 amide bonds. The van der Waals surface area contributed by atoms with Crippen LogP contribution in [0.5, 0.6) is 0 Å². The van der Waals surface area contributed by atoms with Gasteiger partial charge in [0.25, 0.3) is 0 Å². The molecule has 0 aromatic rings. The first-order valence-electron chi connectivity index (χ1n) is 9.73. The highest BCUT2D eigenvalue weighted by molar-refractivity contribution is 5.34. The van der Waals surface area contributed by atoms with Gasteiger partial charge in [-0.05, 0) is 80.1 Å². The lowest BCUT2D eigenvalue weighted by atomic mass is 9.52. The van der Waals surface area contributed by atoms with Crippen LogP contribution in [0.2, 0.25) is 0 Å². The van der Waals surface area contributed by atoms with E-state index < -0.39 is 0 Å². The molecule has 2 nitrogen and oxygen atoms in total. The van der Waals surface area contributed by atoms with Gasteiger partial charge in [-0.2, -0.15) is 0 Å². The number of aliphatic hydroxyl groups excluding tert-OH is 1. The molecule has 0 spiro atoms. The molecule has 23 heavy (non-hydrogen) atoms. The van der Waals surface area contributed by atoms with E-state index in [4.69, 9.17) is 4.74 Å². The Balaban J connectivity index is 1.66. The normalized spacial score (nSPS) is 45.9. The summed E-state index contributed by atoms with van der Waals surface area (Å²) in [5.74, 6) is 4.21. The second kappa shape index (κ2) is 5.65. The quantitative estimate of drug-likeness (QED) is 0.739. The van der Waals surface area contributed by atoms with Crippen molar-refractivity contribution in [3.8, 4) is 0 Å². The molecule has 0 bridgehead atoms. The van der Waals surface area contributed by atoms with Crippen molar-refractivity contribution in [1.82, 2.24) is 0 Å². The lowest BCUT2D eigenvalue weighted by molar-refractivity contribution is -0.0507. The monoisotopic (exact) mass is 316 g/mol. The van der Waals surface area contributed by atoms with Gasteiger partial charge in [0, 0.05) is 6.42 Å². The summed E-state index contributed by atoms with van der Waals surface area (Å²) < 4.78 is 5.54. The third kappa shape index (κ3) is 2.17. The molecule has 0 aliphatic heterocycles. The van der Waals surface area contributed by atoms with Crippen LogP contribution in [0.25, 0.3) is 0 Å². The fraction of sp³-hybridized carbons (Fsp3) is 0.810. The highest BCUT2D eigenvalue weighted by atomic mass is 16.5. The summed E-state index contributed by atoms with van der Waals surface area (Å²) in [5.41, 5.74) is 3.68. The second-order valence-corrected chi connectivity index (χ2v) is 8.54. The lowest BCUT2D eigenvalue weighted by Gasteiger charge is -2.53. The average Bonchev–Trinajstić information content (AvgIpc) is 2.92. The Bertz CT molecular complexity index is 546. The first kappa shape index (κ1) is 15.7. The molecule has 2 heteroatoms. The molecule has 0 saturated heterocycles. The number of aliphatic hydroxyl groups is 1. The summed E-state index contributed by atoms with van der Waals surface area (Å²) in [6.07, 6.45) is 11.8. The molecular weight excluding hydrogens is 284 g/mol. The zero-order chi connectivity index (χ0) is 16.2. The van der Waals surface area contributed by atoms with Crippen molar-refractivity contribution < 1.29 is 9.84 Å². The van der Waals surface area contributed by atoms with Crippen molar-refractivity contribution in [1.29, 1.82) is 0 Å². The number of rotatable bonds is 2. The summed E-state index contributed by atoms with van der Waals surface area (Å²) in [5, 5.41) is 10.7. The van der Waals surface area contributed by atoms with Crippen LogP contribution in [0.15, 0.2) is 23.0 Å². The first-order chi connectivity index (χ1) is 11.1. The maximum atomic E-state index is 10.7. The largest absolute Gasteiger partial charge is 0.501 e. The molecule has 4 aliphatic rings. The van der Waals surface area contributed by atoms with Crippen molar-refractivity contribution in [3.05, 3.63) is 23.0 Å². The number of fused-ring (bicyclic) bond motifs is 4. The molecule has 128 valence electrons. The summed E-state index contributed by atoms with van der Waals surface area (Å²) >= 11 is 0. The van der Waals surface area contributed by atoms with Crippen LogP contribution in [0.4, 0.5) is 0 Å². The van der Waals surface area contributed by atoms with E-state index in [0.29, 0.717) is 5.92 Å². The van der Waals surface area contributed by atoms with Crippen LogP contribution in [-0.4, -0.2) is 18.3 Å². The molecule has 2 saturated carbocycles. The Morgan fingerprint density at radius 2 is 2.09 bits per heavy atom. The zero-order valence-corrected chi connectivity index (χ0v) is 15.0. The molecule has 6 atom stereocenters. The molecule has 1 unspecified atom stereocenters. The number of allylic oxidation sites excluding steroid dienone is 3. The second-order valence-electron chi connectivity index (χ2n) is 8.54. The van der Waals surface area contributed by atoms with Gasteiger partial charge in [0.05, 0.1) is 19.0 Å². The number of methoxy groups -OCH3 is 1. The van der Waals surface area contributed by atoms with Crippen LogP contribution in [0.1, 0.15) is 65.2 Å². The molecular formula is C21H32O2. The predicted molar refractivity (Wildman–Crippen MR) is 92.8 cm³/mol. The van der Waals surface area contributed by atoms with Crippen molar-refractivity contribution in [2.24, 2.45) is 29.1 Å². The maximum absolute atomic E-state index is 10.7. The van der Waals surface area contributed by atoms with Crippen molar-refractivity contribution >= 4 is 0 Å². The summed E-state index contributed by atoms with van der Waals surface area (Å²) in [6, 6.07) is 0. The van der Waals surface area contributed by atoms with E-state index in [2.05, 4.69) is 19.9 Å². The van der Waals surface area contributed by atoms with Gasteiger partial charge in [0.15, 0.2) is 0 Å². The van der Waals surface area contributed by atoms with Gasteiger partial charge in [-0.15, -0.1) is 0 Å². The van der Waals surface area contributed by atoms with Crippen molar-refractivity contribution in [3.63, 3.8) is 0 Å². The topological polar surface area (TPSA) is 29.5 Å². The fourth-order valence-corrected chi connectivity index (χ4v) is 6.82. The summed E-state index contributed by atoms with van der Waals surface area (Å²) in [7, 11) is 1.81. The van der Waals surface area contributed by atoms with Gasteiger partial charge in [-0.1, -0.05) is 25.0 Å². The third-order valence-corrected chi connectivity index (χ3v) is 8.02. The molecule has 0 heterocycles. The van der Waals surface area contributed by atoms with Gasteiger partial charge in [0.2, 0.25) is 0 Å². The van der Waals surface area contributed by atoms with E-state index in [9.17, 15) is 5.11 Å². The van der Waals surface area contributed by atoms with Crippen LogP contribution in [0, 0.1) is 29.1 Å². The van der Waals surface area contributed by atoms with Crippen LogP contribution in [-0.2, 0) is 4.74 Å². The molecule has 0 aromatic heterocycles. The Kier molecular flexibility index (Phi) is 3.87. The van der Waals surface area contributed by atoms with E-state index >= 15 is 0 Å². The van der Waals surface area contributed by atoms with Gasteiger partial charge in [-0.3, -0.25) is 0 Å². The molecule has 1 N–H and O–H groups in total. The van der Waals surface area contributed by atoms with E-state index in [1.165, 1.54) is 31.4 Å². The molecule has 0 radical (unpaired) electrons. The van der Waals surface area contributed by atoms with Crippen molar-refractivity contribution in [2.75, 3.05) is 7.11 Å². The molecule has 2 fully saturated rings. The number of hydrogen-bond acceptors (Lipinski definition) is 2. The molecule has 4 rings (SSSR count). The minimum absolute atomic E-state index is 0.0459. The highest BCUT2D eigenvalue weighted by Gasteiger charge is 2.56. The molecule has 0 aromatic carbocycles. The minimum atomic E-state index is -0.0459. The van der Waals surface area contributed by atoms with E-state index in [1.54, 1.807) is 11.1 Å². The Labute approximate surface area is 141 Å². The van der Waals surface area contributed by atoms with E-state index in [0.717, 1.165) is 43.4 Å². The van der Waals surface area contributed by atoms with Gasteiger partial charge < -0.3 is 9.84 Å². The van der Waals surface area contributed by atoms with Crippen LogP contribution >= 0.6 is 0 Å².